The Hall–Kier alpha value is -3.42. The minimum atomic E-state index is -0.425. The third-order valence-corrected chi connectivity index (χ3v) is 5.62. The summed E-state index contributed by atoms with van der Waals surface area (Å²) in [6, 6.07) is 12.9. The van der Waals surface area contributed by atoms with Crippen molar-refractivity contribution in [3.8, 4) is 0 Å². The molecule has 3 rings (SSSR count). The average molecular weight is 424 g/mol. The molecule has 0 radical (unpaired) electrons. The molecule has 0 heterocycles. The molecule has 1 amide bonds. The highest BCUT2D eigenvalue weighted by Crippen LogP contribution is 2.30. The smallest absolute Gasteiger partial charge is 0.270 e. The van der Waals surface area contributed by atoms with Gasteiger partial charge in [-0.25, -0.2) is 5.43 Å². The molecule has 8 heteroatoms. The molecule has 1 aliphatic rings. The van der Waals surface area contributed by atoms with E-state index >= 15 is 0 Å². The maximum absolute atomic E-state index is 12.1. The van der Waals surface area contributed by atoms with E-state index in [1.54, 1.807) is 6.07 Å². The van der Waals surface area contributed by atoms with Crippen LogP contribution >= 0.6 is 0 Å². The first-order chi connectivity index (χ1) is 14.9. The highest BCUT2D eigenvalue weighted by atomic mass is 16.6. The number of hydrogen-bond donors (Lipinski definition) is 2. The average Bonchev–Trinajstić information content (AvgIpc) is 2.78. The molecular formula is C23H29N5O3. The molecular weight excluding hydrogens is 394 g/mol. The molecule has 0 atom stereocenters. The molecule has 0 aromatic heterocycles. The zero-order valence-electron chi connectivity index (χ0n) is 18.0. The van der Waals surface area contributed by atoms with E-state index in [-0.39, 0.29) is 18.1 Å². The molecule has 2 aromatic carbocycles. The number of non-ortho nitro benzene ring substituents is 1. The van der Waals surface area contributed by atoms with Gasteiger partial charge in [0.1, 0.15) is 0 Å². The quantitative estimate of drug-likeness (QED) is 0.376. The van der Waals surface area contributed by atoms with E-state index in [2.05, 4.69) is 20.7 Å². The van der Waals surface area contributed by atoms with Gasteiger partial charge < -0.3 is 10.2 Å². The molecule has 8 nitrogen and oxygen atoms in total. The van der Waals surface area contributed by atoms with Gasteiger partial charge in [-0.05, 0) is 38.0 Å². The fourth-order valence-corrected chi connectivity index (χ4v) is 3.81. The SMILES string of the molecule is Cc1ccc(NCC(=O)NN=Cc2cc([N+](=O)[O-])ccc2N(C)C2CCCCC2)cc1. The number of nitro groups is 1. The number of hydrogen-bond acceptors (Lipinski definition) is 6. The van der Waals surface area contributed by atoms with E-state index in [1.165, 1.54) is 37.6 Å². The van der Waals surface area contributed by atoms with E-state index in [0.29, 0.717) is 11.6 Å². The minimum Gasteiger partial charge on any atom is -0.376 e. The van der Waals surface area contributed by atoms with E-state index in [4.69, 9.17) is 0 Å². The van der Waals surface area contributed by atoms with Crippen LogP contribution in [0.4, 0.5) is 17.1 Å². The Bertz CT molecular complexity index is 937. The molecule has 2 N–H and O–H groups in total. The van der Waals surface area contributed by atoms with Crippen molar-refractivity contribution in [1.29, 1.82) is 0 Å². The standard InChI is InChI=1S/C23H29N5O3/c1-17-8-10-19(11-9-17)24-16-23(29)26-25-15-18-14-21(28(30)31)12-13-22(18)27(2)20-6-4-3-5-7-20/h8-15,20,24H,3-7,16H2,1-2H3,(H,26,29). The van der Waals surface area contributed by atoms with Crippen LogP contribution in [0, 0.1) is 17.0 Å². The van der Waals surface area contributed by atoms with Crippen molar-refractivity contribution in [2.75, 3.05) is 23.8 Å². The van der Waals surface area contributed by atoms with Crippen LogP contribution < -0.4 is 15.6 Å². The van der Waals surface area contributed by atoms with Gasteiger partial charge in [0, 0.05) is 42.2 Å². The Balaban J connectivity index is 1.66. The lowest BCUT2D eigenvalue weighted by atomic mass is 9.94. The predicted octanol–water partition coefficient (Wildman–Crippen LogP) is 4.23. The second-order valence-electron chi connectivity index (χ2n) is 7.92. The molecule has 0 saturated heterocycles. The number of carbonyl (C=O) groups is 1. The molecule has 0 aliphatic heterocycles. The summed E-state index contributed by atoms with van der Waals surface area (Å²) in [6.07, 6.45) is 7.31. The largest absolute Gasteiger partial charge is 0.376 e. The number of rotatable bonds is 8. The van der Waals surface area contributed by atoms with Crippen molar-refractivity contribution in [3.05, 3.63) is 63.7 Å². The summed E-state index contributed by atoms with van der Waals surface area (Å²) in [6.45, 7) is 2.07. The highest BCUT2D eigenvalue weighted by molar-refractivity contribution is 5.90. The zero-order chi connectivity index (χ0) is 22.2. The van der Waals surface area contributed by atoms with Gasteiger partial charge in [0.05, 0.1) is 17.7 Å². The number of nitro benzene ring substituents is 1. The topological polar surface area (TPSA) is 99.9 Å². The minimum absolute atomic E-state index is 0.00499. The second kappa shape index (κ2) is 10.6. The normalized spacial score (nSPS) is 14.4. The number of benzene rings is 2. The van der Waals surface area contributed by atoms with E-state index in [9.17, 15) is 14.9 Å². The first-order valence-corrected chi connectivity index (χ1v) is 10.6. The van der Waals surface area contributed by atoms with Crippen LogP contribution in [-0.2, 0) is 4.79 Å². The Morgan fingerprint density at radius 3 is 2.58 bits per heavy atom. The van der Waals surface area contributed by atoms with Crippen LogP contribution in [0.2, 0.25) is 0 Å². The first-order valence-electron chi connectivity index (χ1n) is 10.6. The van der Waals surface area contributed by atoms with E-state index in [0.717, 1.165) is 29.8 Å². The fourth-order valence-electron chi connectivity index (χ4n) is 3.81. The summed E-state index contributed by atoms with van der Waals surface area (Å²) in [4.78, 5) is 25.1. The molecule has 1 saturated carbocycles. The molecule has 2 aromatic rings. The second-order valence-corrected chi connectivity index (χ2v) is 7.92. The van der Waals surface area contributed by atoms with Gasteiger partial charge in [-0.3, -0.25) is 14.9 Å². The van der Waals surface area contributed by atoms with Crippen molar-refractivity contribution in [2.45, 2.75) is 45.1 Å². The first kappa shape index (κ1) is 22.3. The number of amides is 1. The fraction of sp³-hybridized carbons (Fsp3) is 0.391. The summed E-state index contributed by atoms with van der Waals surface area (Å²) in [7, 11) is 2.01. The van der Waals surface area contributed by atoms with Crippen molar-refractivity contribution in [1.82, 2.24) is 5.43 Å². The van der Waals surface area contributed by atoms with Crippen LogP contribution in [-0.4, -0.2) is 36.7 Å². The molecule has 31 heavy (non-hydrogen) atoms. The van der Waals surface area contributed by atoms with Crippen molar-refractivity contribution >= 4 is 29.2 Å². The van der Waals surface area contributed by atoms with Gasteiger partial charge in [-0.2, -0.15) is 5.10 Å². The summed E-state index contributed by atoms with van der Waals surface area (Å²) in [5.41, 5.74) is 5.95. The lowest BCUT2D eigenvalue weighted by Gasteiger charge is -2.33. The van der Waals surface area contributed by atoms with Gasteiger partial charge >= 0.3 is 0 Å². The van der Waals surface area contributed by atoms with Crippen molar-refractivity contribution < 1.29 is 9.72 Å². The van der Waals surface area contributed by atoms with Crippen LogP contribution in [0.1, 0.15) is 43.2 Å². The van der Waals surface area contributed by atoms with Crippen LogP contribution in [0.15, 0.2) is 47.6 Å². The van der Waals surface area contributed by atoms with Gasteiger partial charge in [-0.1, -0.05) is 37.0 Å². The monoisotopic (exact) mass is 423 g/mol. The number of hydrazone groups is 1. The van der Waals surface area contributed by atoms with Gasteiger partial charge in [0.15, 0.2) is 0 Å². The van der Waals surface area contributed by atoms with Gasteiger partial charge in [0.2, 0.25) is 0 Å². The molecule has 1 fully saturated rings. The van der Waals surface area contributed by atoms with Crippen molar-refractivity contribution in [2.24, 2.45) is 5.10 Å². The number of aryl methyl sites for hydroxylation is 1. The van der Waals surface area contributed by atoms with Crippen LogP contribution in [0.25, 0.3) is 0 Å². The lowest BCUT2D eigenvalue weighted by Crippen LogP contribution is -2.34. The van der Waals surface area contributed by atoms with E-state index < -0.39 is 4.92 Å². The molecule has 1 aliphatic carbocycles. The third-order valence-electron chi connectivity index (χ3n) is 5.62. The Kier molecular flexibility index (Phi) is 7.59. The zero-order valence-corrected chi connectivity index (χ0v) is 18.0. The van der Waals surface area contributed by atoms with Gasteiger partial charge in [0.25, 0.3) is 11.6 Å². The van der Waals surface area contributed by atoms with E-state index in [1.807, 2.05) is 38.2 Å². The molecule has 0 bridgehead atoms. The maximum atomic E-state index is 12.1. The van der Waals surface area contributed by atoms with Gasteiger partial charge in [-0.15, -0.1) is 0 Å². The molecule has 164 valence electrons. The Morgan fingerprint density at radius 2 is 1.90 bits per heavy atom. The molecule has 0 unspecified atom stereocenters. The number of nitrogens with one attached hydrogen (secondary N) is 2. The van der Waals surface area contributed by atoms with Crippen LogP contribution in [0.3, 0.4) is 0 Å². The number of nitrogens with zero attached hydrogens (tertiary/aromatic N) is 3. The maximum Gasteiger partial charge on any atom is 0.270 e. The summed E-state index contributed by atoms with van der Waals surface area (Å²) >= 11 is 0. The predicted molar refractivity (Wildman–Crippen MR) is 124 cm³/mol. The number of carbonyl (C=O) groups excluding carboxylic acids is 1. The Labute approximate surface area is 182 Å². The van der Waals surface area contributed by atoms with Crippen LogP contribution in [0.5, 0.6) is 0 Å². The molecule has 0 spiro atoms. The lowest BCUT2D eigenvalue weighted by molar-refractivity contribution is -0.384. The summed E-state index contributed by atoms with van der Waals surface area (Å²) in [5, 5.41) is 18.3. The summed E-state index contributed by atoms with van der Waals surface area (Å²) < 4.78 is 0. The van der Waals surface area contributed by atoms with Crippen molar-refractivity contribution in [3.63, 3.8) is 0 Å². The third kappa shape index (κ3) is 6.28. The highest BCUT2D eigenvalue weighted by Gasteiger charge is 2.21. The summed E-state index contributed by atoms with van der Waals surface area (Å²) in [5.74, 6) is -0.301. The Morgan fingerprint density at radius 1 is 1.19 bits per heavy atom. The number of anilines is 2.